The van der Waals surface area contributed by atoms with Crippen LogP contribution in [0.25, 0.3) is 9.44 Å². The summed E-state index contributed by atoms with van der Waals surface area (Å²) in [7, 11) is 0. The van der Waals surface area contributed by atoms with E-state index in [0.29, 0.717) is 0 Å². The van der Waals surface area contributed by atoms with Gasteiger partial charge in [0.2, 0.25) is 0 Å². The van der Waals surface area contributed by atoms with Gasteiger partial charge >= 0.3 is 0 Å². The van der Waals surface area contributed by atoms with E-state index >= 15 is 0 Å². The zero-order valence-corrected chi connectivity index (χ0v) is 8.39. The summed E-state index contributed by atoms with van der Waals surface area (Å²) < 4.78 is 39.1. The highest BCUT2D eigenvalue weighted by Gasteiger charge is 1.53. The van der Waals surface area contributed by atoms with Crippen molar-refractivity contribution in [3.63, 3.8) is 0 Å². The third-order valence-corrected chi connectivity index (χ3v) is 1.54. The second-order valence-corrected chi connectivity index (χ2v) is 2.83. The maximum absolute atomic E-state index is 9.25. The summed E-state index contributed by atoms with van der Waals surface area (Å²) in [6.07, 6.45) is 0. The van der Waals surface area contributed by atoms with Crippen molar-refractivity contribution in [1.82, 2.24) is 0 Å². The Morgan fingerprint density at radius 3 is 1.42 bits per heavy atom. The molecule has 0 spiro atoms. The molecule has 8 heteroatoms. The maximum Gasteiger partial charge on any atom is -0.0844 e. The molecule has 12 heavy (non-hydrogen) atoms. The Balaban J connectivity index is 0. The molecule has 0 radical (unpaired) electrons. The van der Waals surface area contributed by atoms with Crippen molar-refractivity contribution in [2.45, 2.75) is 13.8 Å². The predicted molar refractivity (Wildman–Crippen MR) is 45.6 cm³/mol. The van der Waals surface area contributed by atoms with Gasteiger partial charge < -0.3 is 18.5 Å². The fourth-order valence-electron chi connectivity index (χ4n) is 0.273. The Morgan fingerprint density at radius 1 is 1.08 bits per heavy atom. The number of hydrogen-bond acceptors (Lipinski definition) is 4. The normalized spacial score (nSPS) is 14.3. The minimum absolute atomic E-state index is 0.969. The Labute approximate surface area is 77.0 Å². The largest absolute Gasteiger partial charge is 0.788 e. The number of rotatable bonds is 4. The first-order valence-electron chi connectivity index (χ1n) is 3.08. The van der Waals surface area contributed by atoms with E-state index in [2.05, 4.69) is 9.44 Å². The van der Waals surface area contributed by atoms with Gasteiger partial charge in [0.15, 0.2) is 0 Å². The van der Waals surface area contributed by atoms with Crippen molar-refractivity contribution in [3.8, 4) is 0 Å². The maximum atomic E-state index is 9.25. The first-order valence-corrected chi connectivity index (χ1v) is 5.14. The van der Waals surface area contributed by atoms with Gasteiger partial charge in [-0.15, -0.1) is 0 Å². The summed E-state index contributed by atoms with van der Waals surface area (Å²) in [4.78, 5) is 0. The van der Waals surface area contributed by atoms with Crippen LogP contribution in [0.2, 0.25) is 0 Å². The summed E-state index contributed by atoms with van der Waals surface area (Å²) in [5, 5.41) is 3.97. The van der Waals surface area contributed by atoms with E-state index in [4.69, 9.17) is 0 Å². The molecule has 0 fully saturated rings. The number of nitrogens with zero attached hydrogens (tertiary/aromatic N) is 2. The minimum Gasteiger partial charge on any atom is -0.788 e. The van der Waals surface area contributed by atoms with Crippen LogP contribution in [0.5, 0.6) is 0 Å². The molecule has 0 bridgehead atoms. The van der Waals surface area contributed by atoms with Crippen LogP contribution in [0.15, 0.2) is 0 Å². The molecule has 76 valence electrons. The molecule has 0 aliphatic carbocycles. The van der Waals surface area contributed by atoms with Gasteiger partial charge in [0.1, 0.15) is 0 Å². The van der Waals surface area contributed by atoms with Crippen molar-refractivity contribution in [2.24, 2.45) is 0 Å². The summed E-state index contributed by atoms with van der Waals surface area (Å²) in [5.74, 6) is 0. The molecule has 6 nitrogen and oxygen atoms in total. The smallest absolute Gasteiger partial charge is 0.0844 e. The number of hydrogen-bond donors (Lipinski definition) is 0. The Morgan fingerprint density at radius 2 is 1.42 bits per heavy atom. The molecule has 0 aliphatic rings. The van der Waals surface area contributed by atoms with E-state index in [1.807, 2.05) is 13.8 Å². The van der Waals surface area contributed by atoms with Crippen LogP contribution >= 0.6 is 0 Å². The zero-order chi connectivity index (χ0) is 9.98. The highest BCUT2D eigenvalue weighted by Crippen LogP contribution is 1.91. The Bertz CT molecular complexity index is 129. The van der Waals surface area contributed by atoms with Gasteiger partial charge in [0.25, 0.3) is 0 Å². The molecular formula is C4H10N2O4S2-4. The van der Waals surface area contributed by atoms with Crippen molar-refractivity contribution >= 4 is 22.5 Å². The van der Waals surface area contributed by atoms with E-state index < -0.39 is 22.5 Å². The topological polar surface area (TPSA) is 108 Å². The van der Waals surface area contributed by atoms with Crippen LogP contribution < -0.4 is 0 Å². The molecule has 0 amide bonds. The molecule has 0 N–H and O–H groups in total. The first-order chi connectivity index (χ1) is 5.54. The van der Waals surface area contributed by atoms with E-state index in [0.717, 1.165) is 13.1 Å². The molecule has 2 unspecified atom stereocenters. The summed E-state index contributed by atoms with van der Waals surface area (Å²) in [5.41, 5.74) is 0. The lowest BCUT2D eigenvalue weighted by molar-refractivity contribution is 0.535. The van der Waals surface area contributed by atoms with Gasteiger partial charge in [0.05, 0.1) is 0 Å². The Hall–Kier alpha value is 0.140. The van der Waals surface area contributed by atoms with Crippen LogP contribution in [-0.2, 0) is 22.5 Å². The second-order valence-electron chi connectivity index (χ2n) is 1.36. The van der Waals surface area contributed by atoms with Crippen LogP contribution in [-0.4, -0.2) is 30.6 Å². The third-order valence-electron chi connectivity index (χ3n) is 0.569. The Kier molecular flexibility index (Phi) is 13.6. The monoisotopic (exact) mass is 214 g/mol. The molecular weight excluding hydrogens is 204 g/mol. The molecule has 2 atom stereocenters. The standard InChI is InChI=1S/C4H10N.H2NO4S2/c1-3-5-4-2;2-6(3)1-7(4)5/h3-4H2,1-2H3;(H,2,3)(H,4,5)/q2*-1/p-2. The molecule has 0 aromatic carbocycles. The van der Waals surface area contributed by atoms with Crippen LogP contribution in [0.4, 0.5) is 0 Å². The highest BCUT2D eigenvalue weighted by molar-refractivity contribution is 8.00. The fourth-order valence-corrected chi connectivity index (χ4v) is 0.671. The van der Waals surface area contributed by atoms with Crippen molar-refractivity contribution in [3.05, 3.63) is 9.44 Å². The molecule has 0 aromatic heterocycles. The van der Waals surface area contributed by atoms with Crippen molar-refractivity contribution in [1.29, 1.82) is 0 Å². The van der Waals surface area contributed by atoms with Gasteiger partial charge in [0, 0.05) is 0 Å². The first kappa shape index (κ1) is 14.7. The van der Waals surface area contributed by atoms with Crippen molar-refractivity contribution < 1.29 is 17.5 Å². The lowest BCUT2D eigenvalue weighted by atomic mass is 10.7. The van der Waals surface area contributed by atoms with E-state index in [1.165, 1.54) is 0 Å². The summed E-state index contributed by atoms with van der Waals surface area (Å²) in [6.45, 7) is 6.03. The predicted octanol–water partition coefficient (Wildman–Crippen LogP) is 0.348. The molecule has 0 rings (SSSR count). The molecule has 0 saturated heterocycles. The molecule has 0 aromatic rings. The van der Waals surface area contributed by atoms with Crippen LogP contribution in [0.3, 0.4) is 0 Å². The average Bonchev–Trinajstić information content (AvgIpc) is 1.87. The van der Waals surface area contributed by atoms with E-state index in [9.17, 15) is 17.5 Å². The SMILES string of the molecule is CC[N-]CC.O=S([O-])[N-]S(=O)[O-]. The molecule has 0 heterocycles. The van der Waals surface area contributed by atoms with Gasteiger partial charge in [-0.2, -0.15) is 35.6 Å². The lowest BCUT2D eigenvalue weighted by Gasteiger charge is -2.25. The highest BCUT2D eigenvalue weighted by atomic mass is 32.3. The molecule has 0 aliphatic heterocycles. The van der Waals surface area contributed by atoms with E-state index in [-0.39, 0.29) is 0 Å². The minimum atomic E-state index is -2.83. The fraction of sp³-hybridized carbons (Fsp3) is 1.00. The lowest BCUT2D eigenvalue weighted by Crippen LogP contribution is -1.89. The van der Waals surface area contributed by atoms with E-state index in [1.54, 1.807) is 0 Å². The zero-order valence-electron chi connectivity index (χ0n) is 6.76. The second kappa shape index (κ2) is 11.1. The van der Waals surface area contributed by atoms with Crippen LogP contribution in [0, 0.1) is 0 Å². The summed E-state index contributed by atoms with van der Waals surface area (Å²) in [6, 6.07) is 0. The van der Waals surface area contributed by atoms with Gasteiger partial charge in [-0.25, -0.2) is 0 Å². The average molecular weight is 214 g/mol. The van der Waals surface area contributed by atoms with Gasteiger partial charge in [-0.3, -0.25) is 8.42 Å². The van der Waals surface area contributed by atoms with Crippen LogP contribution in [0.1, 0.15) is 13.8 Å². The van der Waals surface area contributed by atoms with Gasteiger partial charge in [-0.05, 0) is 0 Å². The van der Waals surface area contributed by atoms with Crippen molar-refractivity contribution in [2.75, 3.05) is 13.1 Å². The van der Waals surface area contributed by atoms with Gasteiger partial charge in [-0.1, -0.05) is 13.8 Å². The quantitative estimate of drug-likeness (QED) is 0.629. The molecule has 0 saturated carbocycles. The summed E-state index contributed by atoms with van der Waals surface area (Å²) >= 11 is -5.67. The third kappa shape index (κ3) is 22.5.